The molecule has 0 aliphatic carbocycles. The van der Waals surface area contributed by atoms with Gasteiger partial charge >= 0.3 is 18.2 Å². The van der Waals surface area contributed by atoms with Crippen molar-refractivity contribution in [3.63, 3.8) is 0 Å². The molecule has 0 rings (SSSR count). The van der Waals surface area contributed by atoms with Gasteiger partial charge in [-0.15, -0.1) is 0 Å². The van der Waals surface area contributed by atoms with Gasteiger partial charge in [-0.1, -0.05) is 0 Å². The Morgan fingerprint density at radius 1 is 0.947 bits per heavy atom. The molecule has 0 aromatic heterocycles. The van der Waals surface area contributed by atoms with Crippen molar-refractivity contribution < 1.29 is 39.9 Å². The Balaban J connectivity index is 5.43. The molecule has 9 heteroatoms. The Hall–Kier alpha value is -0.860. The van der Waals surface area contributed by atoms with E-state index in [1.54, 1.807) is 0 Å². The summed E-state index contributed by atoms with van der Waals surface area (Å²) in [6.07, 6.45) is -13.0. The van der Waals surface area contributed by atoms with E-state index in [-0.39, 0.29) is 20.2 Å². The molecule has 0 amide bonds. The summed E-state index contributed by atoms with van der Waals surface area (Å²) in [7, 11) is 0. The molecule has 0 heterocycles. The third-order valence-corrected chi connectivity index (χ3v) is 2.22. The largest absolute Gasteiger partial charge is 0.448 e. The van der Waals surface area contributed by atoms with Crippen LogP contribution < -0.4 is 0 Å². The lowest BCUT2D eigenvalue weighted by Gasteiger charge is -2.37. The highest BCUT2D eigenvalue weighted by Gasteiger charge is 2.63. The van der Waals surface area contributed by atoms with Crippen LogP contribution in [-0.2, 0) is 4.74 Å². The third-order valence-electron chi connectivity index (χ3n) is 2.22. The molecule has 0 radical (unpaired) electrons. The van der Waals surface area contributed by atoms with Gasteiger partial charge in [-0.25, -0.2) is 8.78 Å². The lowest BCUT2D eigenvalue weighted by molar-refractivity contribution is -0.395. The van der Waals surface area contributed by atoms with E-state index < -0.39 is 35.8 Å². The van der Waals surface area contributed by atoms with Gasteiger partial charge < -0.3 is 4.74 Å². The van der Waals surface area contributed by atoms with Crippen molar-refractivity contribution >= 4 is 0 Å². The van der Waals surface area contributed by atoms with Crippen molar-refractivity contribution in [2.45, 2.75) is 51.0 Å². The first kappa shape index (κ1) is 18.1. The van der Waals surface area contributed by atoms with E-state index >= 15 is 0 Å². The summed E-state index contributed by atoms with van der Waals surface area (Å²) in [6.45, 7) is 1.30. The van der Waals surface area contributed by atoms with Crippen molar-refractivity contribution in [1.29, 1.82) is 0 Å². The van der Waals surface area contributed by atoms with E-state index in [0.29, 0.717) is 0 Å². The van der Waals surface area contributed by atoms with Gasteiger partial charge in [-0.2, -0.15) is 26.3 Å². The van der Waals surface area contributed by atoms with Gasteiger partial charge in [-0.3, -0.25) is 0 Å². The van der Waals surface area contributed by atoms with Crippen LogP contribution in [0.5, 0.6) is 0 Å². The molecular weight excluding hydrogens is 288 g/mol. The number of ether oxygens (including phenoxy) is 1. The molecule has 0 aromatic rings. The Labute approximate surface area is 104 Å². The maximum absolute atomic E-state index is 13.7. The van der Waals surface area contributed by atoms with Gasteiger partial charge in [0.1, 0.15) is 0 Å². The van der Waals surface area contributed by atoms with E-state index in [0.717, 1.165) is 6.92 Å². The van der Waals surface area contributed by atoms with Gasteiger partial charge in [0, 0.05) is 6.42 Å². The van der Waals surface area contributed by atoms with E-state index in [1.165, 1.54) is 0 Å². The Morgan fingerprint density at radius 3 is 1.63 bits per heavy atom. The summed E-state index contributed by atoms with van der Waals surface area (Å²) >= 11 is 0. The zero-order valence-electron chi connectivity index (χ0n) is 10.2. The van der Waals surface area contributed by atoms with E-state index in [1.807, 2.05) is 0 Å². The Morgan fingerprint density at radius 2 is 1.37 bits per heavy atom. The lowest BCUT2D eigenvalue weighted by Crippen LogP contribution is -2.54. The molecule has 1 nitrogen and oxygen atoms in total. The average Bonchev–Trinajstić information content (AvgIpc) is 2.12. The molecule has 0 spiro atoms. The predicted octanol–water partition coefficient (Wildman–Crippen LogP) is 4.84. The highest BCUT2D eigenvalue weighted by molar-refractivity contribution is 5.01. The molecule has 114 valence electrons. The van der Waals surface area contributed by atoms with Crippen LogP contribution >= 0.6 is 0 Å². The van der Waals surface area contributed by atoms with E-state index in [9.17, 15) is 35.1 Å². The van der Waals surface area contributed by atoms with Crippen LogP contribution in [0.25, 0.3) is 0 Å². The van der Waals surface area contributed by atoms with E-state index in [2.05, 4.69) is 4.74 Å². The molecule has 0 N–H and O–H groups in total. The second-order valence-corrected chi connectivity index (χ2v) is 4.47. The minimum absolute atomic E-state index is 0.252. The van der Waals surface area contributed by atoms with Crippen LogP contribution in [0.15, 0.2) is 11.9 Å². The topological polar surface area (TPSA) is 9.23 Å². The molecule has 0 aliphatic rings. The summed E-state index contributed by atoms with van der Waals surface area (Å²) in [6, 6.07) is 0. The summed E-state index contributed by atoms with van der Waals surface area (Å²) in [5, 5.41) is 0. The van der Waals surface area contributed by atoms with Gasteiger partial charge in [0.15, 0.2) is 5.60 Å². The number of hydrogen-bond acceptors (Lipinski definition) is 1. The maximum Gasteiger partial charge on any atom is 0.448 e. The standard InChI is InChI=1S/C10H12F8O/c1-6(5-11)4-8(12,10(16,17)18)19-7(2,3)9(13,14)15/h5H,4H2,1-3H3/b6-5+. The summed E-state index contributed by atoms with van der Waals surface area (Å²) in [5.41, 5.74) is -4.12. The van der Waals surface area contributed by atoms with Crippen LogP contribution in [0.2, 0.25) is 0 Å². The molecular formula is C10H12F8O. The fraction of sp³-hybridized carbons (Fsp3) is 0.800. The molecule has 1 atom stereocenters. The quantitative estimate of drug-likeness (QED) is 0.675. The summed E-state index contributed by atoms with van der Waals surface area (Å²) in [5.74, 6) is -4.63. The minimum Gasteiger partial charge on any atom is -0.323 e. The van der Waals surface area contributed by atoms with Crippen LogP contribution in [0, 0.1) is 0 Å². The predicted molar refractivity (Wildman–Crippen MR) is 50.6 cm³/mol. The number of alkyl halides is 7. The highest BCUT2D eigenvalue weighted by atomic mass is 19.4. The number of halogens is 8. The summed E-state index contributed by atoms with van der Waals surface area (Å²) in [4.78, 5) is 0. The SMILES string of the molecule is C/C(=C\F)CC(F)(OC(C)(C)C(F)(F)F)C(F)(F)F. The van der Waals surface area contributed by atoms with Gasteiger partial charge in [-0.05, 0) is 26.3 Å². The highest BCUT2D eigenvalue weighted by Crippen LogP contribution is 2.46. The second kappa shape index (κ2) is 5.26. The zero-order valence-corrected chi connectivity index (χ0v) is 10.2. The van der Waals surface area contributed by atoms with Crippen LogP contribution in [0.1, 0.15) is 27.2 Å². The minimum atomic E-state index is -5.74. The van der Waals surface area contributed by atoms with Crippen molar-refractivity contribution in [2.75, 3.05) is 0 Å². The molecule has 1 unspecified atom stereocenters. The monoisotopic (exact) mass is 300 g/mol. The number of hydrogen-bond donors (Lipinski definition) is 0. The third kappa shape index (κ3) is 4.32. The van der Waals surface area contributed by atoms with Crippen LogP contribution in [-0.4, -0.2) is 23.8 Å². The average molecular weight is 300 g/mol. The smallest absolute Gasteiger partial charge is 0.323 e. The van der Waals surface area contributed by atoms with Crippen molar-refractivity contribution in [1.82, 2.24) is 0 Å². The van der Waals surface area contributed by atoms with Gasteiger partial charge in [0.25, 0.3) is 0 Å². The van der Waals surface area contributed by atoms with E-state index in [4.69, 9.17) is 0 Å². The molecule has 0 aliphatic heterocycles. The molecule has 0 aromatic carbocycles. The molecule has 0 saturated carbocycles. The molecule has 19 heavy (non-hydrogen) atoms. The van der Waals surface area contributed by atoms with Crippen molar-refractivity contribution in [3.05, 3.63) is 11.9 Å². The van der Waals surface area contributed by atoms with Crippen molar-refractivity contribution in [3.8, 4) is 0 Å². The normalized spacial score (nSPS) is 18.4. The zero-order chi connectivity index (χ0) is 15.7. The molecule has 0 saturated heterocycles. The Bertz CT molecular complexity index is 340. The lowest BCUT2D eigenvalue weighted by atomic mass is 10.0. The van der Waals surface area contributed by atoms with Crippen LogP contribution in [0.4, 0.5) is 35.1 Å². The number of rotatable bonds is 4. The Kier molecular flexibility index (Phi) is 5.02. The fourth-order valence-corrected chi connectivity index (χ4v) is 1.05. The van der Waals surface area contributed by atoms with Gasteiger partial charge in [0.05, 0.1) is 6.33 Å². The molecule has 0 bridgehead atoms. The van der Waals surface area contributed by atoms with Gasteiger partial charge in [0.2, 0.25) is 0 Å². The fourth-order valence-electron chi connectivity index (χ4n) is 1.05. The molecule has 0 fully saturated rings. The maximum atomic E-state index is 13.7. The second-order valence-electron chi connectivity index (χ2n) is 4.47. The first-order valence-electron chi connectivity index (χ1n) is 4.95. The summed E-state index contributed by atoms with van der Waals surface area (Å²) < 4.78 is 104. The first-order valence-corrected chi connectivity index (χ1v) is 4.95. The van der Waals surface area contributed by atoms with Crippen LogP contribution in [0.3, 0.4) is 0 Å². The first-order chi connectivity index (χ1) is 8.16. The van der Waals surface area contributed by atoms with Crippen molar-refractivity contribution in [2.24, 2.45) is 0 Å².